The fourth-order valence-corrected chi connectivity index (χ4v) is 3.44. The molecule has 7 heteroatoms. The summed E-state index contributed by atoms with van der Waals surface area (Å²) in [5, 5.41) is 3.14. The van der Waals surface area contributed by atoms with E-state index in [1.54, 1.807) is 24.6 Å². The molecule has 0 saturated heterocycles. The summed E-state index contributed by atoms with van der Waals surface area (Å²) in [6, 6.07) is 3.95. The van der Waals surface area contributed by atoms with Gasteiger partial charge in [0.05, 0.1) is 30.7 Å². The monoisotopic (exact) mass is 340 g/mol. The van der Waals surface area contributed by atoms with Gasteiger partial charge in [0.1, 0.15) is 5.76 Å². The molecule has 2 atom stereocenters. The van der Waals surface area contributed by atoms with Gasteiger partial charge >= 0.3 is 0 Å². The number of nitrogens with one attached hydrogen (secondary N) is 1. The Labute approximate surface area is 145 Å². The SMILES string of the molecule is Cc1oc(-c2ccco2)nc1CC(=O)N[C@H]1CCC[C@H]1n1ccnc1. The highest BCUT2D eigenvalue weighted by molar-refractivity contribution is 5.78. The van der Waals surface area contributed by atoms with Crippen molar-refractivity contribution in [2.45, 2.75) is 44.7 Å². The van der Waals surface area contributed by atoms with E-state index in [-0.39, 0.29) is 24.4 Å². The largest absolute Gasteiger partial charge is 0.459 e. The van der Waals surface area contributed by atoms with Gasteiger partial charge in [-0.1, -0.05) is 0 Å². The highest BCUT2D eigenvalue weighted by Crippen LogP contribution is 2.30. The maximum absolute atomic E-state index is 12.5. The lowest BCUT2D eigenvalue weighted by molar-refractivity contribution is -0.121. The molecule has 1 N–H and O–H groups in total. The van der Waals surface area contributed by atoms with E-state index < -0.39 is 0 Å². The summed E-state index contributed by atoms with van der Waals surface area (Å²) < 4.78 is 13.0. The summed E-state index contributed by atoms with van der Waals surface area (Å²) in [5.41, 5.74) is 0.640. The Morgan fingerprint density at radius 1 is 1.44 bits per heavy atom. The van der Waals surface area contributed by atoms with Crippen LogP contribution in [0.4, 0.5) is 0 Å². The Kier molecular flexibility index (Phi) is 4.13. The molecule has 0 aliphatic heterocycles. The minimum atomic E-state index is -0.0422. The van der Waals surface area contributed by atoms with E-state index in [2.05, 4.69) is 19.9 Å². The molecule has 0 aromatic carbocycles. The number of aromatic nitrogens is 3. The molecule has 0 unspecified atom stereocenters. The molecule has 1 amide bonds. The number of aryl methyl sites for hydroxylation is 1. The molecule has 3 aromatic heterocycles. The zero-order valence-corrected chi connectivity index (χ0v) is 14.0. The van der Waals surface area contributed by atoms with Crippen molar-refractivity contribution in [3.05, 3.63) is 48.6 Å². The molecule has 3 aromatic rings. The van der Waals surface area contributed by atoms with Crippen LogP contribution in [0.15, 0.2) is 46.0 Å². The third-order valence-corrected chi connectivity index (χ3v) is 4.69. The number of carbonyl (C=O) groups is 1. The van der Waals surface area contributed by atoms with Crippen molar-refractivity contribution >= 4 is 5.91 Å². The number of imidazole rings is 1. The van der Waals surface area contributed by atoms with Crippen LogP contribution in [0.25, 0.3) is 11.7 Å². The Morgan fingerprint density at radius 3 is 3.12 bits per heavy atom. The van der Waals surface area contributed by atoms with Crippen LogP contribution in [0.2, 0.25) is 0 Å². The van der Waals surface area contributed by atoms with Gasteiger partial charge in [0.2, 0.25) is 5.91 Å². The second-order valence-corrected chi connectivity index (χ2v) is 6.36. The smallest absolute Gasteiger partial charge is 0.263 e. The average molecular weight is 340 g/mol. The summed E-state index contributed by atoms with van der Waals surface area (Å²) in [5.74, 6) is 1.56. The number of nitrogens with zero attached hydrogens (tertiary/aromatic N) is 3. The van der Waals surface area contributed by atoms with Gasteiger partial charge in [-0.3, -0.25) is 4.79 Å². The predicted octanol–water partition coefficient (Wildman–Crippen LogP) is 2.89. The quantitative estimate of drug-likeness (QED) is 0.772. The van der Waals surface area contributed by atoms with Gasteiger partial charge in [-0.25, -0.2) is 9.97 Å². The molecular weight excluding hydrogens is 320 g/mol. The summed E-state index contributed by atoms with van der Waals surface area (Å²) in [4.78, 5) is 21.0. The summed E-state index contributed by atoms with van der Waals surface area (Å²) in [7, 11) is 0. The van der Waals surface area contributed by atoms with Crippen LogP contribution in [0.5, 0.6) is 0 Å². The van der Waals surface area contributed by atoms with Gasteiger partial charge in [-0.2, -0.15) is 0 Å². The van der Waals surface area contributed by atoms with Crippen molar-refractivity contribution in [3.8, 4) is 11.7 Å². The van der Waals surface area contributed by atoms with E-state index in [1.165, 1.54) is 0 Å². The van der Waals surface area contributed by atoms with Crippen molar-refractivity contribution in [1.82, 2.24) is 19.9 Å². The van der Waals surface area contributed by atoms with Crippen molar-refractivity contribution in [2.75, 3.05) is 0 Å². The van der Waals surface area contributed by atoms with Gasteiger partial charge < -0.3 is 18.7 Å². The lowest BCUT2D eigenvalue weighted by atomic mass is 10.1. The topological polar surface area (TPSA) is 86.1 Å². The van der Waals surface area contributed by atoms with Crippen molar-refractivity contribution in [3.63, 3.8) is 0 Å². The third kappa shape index (κ3) is 3.22. The summed E-state index contributed by atoms with van der Waals surface area (Å²) in [6.07, 6.45) is 10.4. The summed E-state index contributed by atoms with van der Waals surface area (Å²) in [6.45, 7) is 1.81. The first-order valence-corrected chi connectivity index (χ1v) is 8.47. The molecule has 130 valence electrons. The first kappa shape index (κ1) is 15.7. The zero-order valence-electron chi connectivity index (χ0n) is 14.0. The van der Waals surface area contributed by atoms with Gasteiger partial charge in [-0.05, 0) is 38.3 Å². The molecule has 7 nitrogen and oxygen atoms in total. The van der Waals surface area contributed by atoms with Crippen LogP contribution in [-0.2, 0) is 11.2 Å². The standard InChI is InChI=1S/C18H20N4O3/c1-12-14(21-18(25-12)16-6-3-9-24-16)10-17(23)20-13-4-2-5-15(13)22-8-7-19-11-22/h3,6-9,11,13,15H,2,4-5,10H2,1H3,(H,20,23)/t13-,15+/m0/s1. The van der Waals surface area contributed by atoms with E-state index in [0.717, 1.165) is 19.3 Å². The van der Waals surface area contributed by atoms with Gasteiger partial charge in [0, 0.05) is 18.4 Å². The molecular formula is C18H20N4O3. The highest BCUT2D eigenvalue weighted by atomic mass is 16.4. The lowest BCUT2D eigenvalue weighted by Gasteiger charge is -2.22. The van der Waals surface area contributed by atoms with Gasteiger partial charge in [-0.15, -0.1) is 0 Å². The Bertz CT molecular complexity index is 836. The molecule has 25 heavy (non-hydrogen) atoms. The number of hydrogen-bond acceptors (Lipinski definition) is 5. The molecule has 0 radical (unpaired) electrons. The van der Waals surface area contributed by atoms with Crippen molar-refractivity contribution in [2.24, 2.45) is 0 Å². The lowest BCUT2D eigenvalue weighted by Crippen LogP contribution is -2.39. The fraction of sp³-hybridized carbons (Fsp3) is 0.389. The van der Waals surface area contributed by atoms with E-state index in [9.17, 15) is 4.79 Å². The van der Waals surface area contributed by atoms with Crippen LogP contribution < -0.4 is 5.32 Å². The highest BCUT2D eigenvalue weighted by Gasteiger charge is 2.30. The van der Waals surface area contributed by atoms with Gasteiger partial charge in [0.15, 0.2) is 5.76 Å². The molecule has 1 fully saturated rings. The maximum atomic E-state index is 12.5. The minimum Gasteiger partial charge on any atom is -0.459 e. The number of carbonyl (C=O) groups excluding carboxylic acids is 1. The minimum absolute atomic E-state index is 0.0422. The van der Waals surface area contributed by atoms with Crippen LogP contribution in [-0.4, -0.2) is 26.5 Å². The van der Waals surface area contributed by atoms with Crippen LogP contribution >= 0.6 is 0 Å². The Hall–Kier alpha value is -2.83. The number of rotatable bonds is 5. The Balaban J connectivity index is 1.42. The second-order valence-electron chi connectivity index (χ2n) is 6.36. The number of amides is 1. The van der Waals surface area contributed by atoms with Crippen molar-refractivity contribution < 1.29 is 13.6 Å². The average Bonchev–Trinajstić information content (AvgIpc) is 3.35. The number of hydrogen-bond donors (Lipinski definition) is 1. The van der Waals surface area contributed by atoms with E-state index in [4.69, 9.17) is 8.83 Å². The first-order chi connectivity index (χ1) is 12.2. The number of oxazole rings is 1. The zero-order chi connectivity index (χ0) is 17.2. The molecule has 3 heterocycles. The maximum Gasteiger partial charge on any atom is 0.263 e. The first-order valence-electron chi connectivity index (χ1n) is 8.47. The molecule has 1 aliphatic rings. The van der Waals surface area contributed by atoms with Crippen LogP contribution in [0.3, 0.4) is 0 Å². The van der Waals surface area contributed by atoms with E-state index >= 15 is 0 Å². The predicted molar refractivity (Wildman–Crippen MR) is 89.7 cm³/mol. The second kappa shape index (κ2) is 6.58. The van der Waals surface area contributed by atoms with E-state index in [0.29, 0.717) is 23.1 Å². The fourth-order valence-electron chi connectivity index (χ4n) is 3.44. The molecule has 1 saturated carbocycles. The third-order valence-electron chi connectivity index (χ3n) is 4.69. The molecule has 0 spiro atoms. The Morgan fingerprint density at radius 2 is 2.36 bits per heavy atom. The molecule has 4 rings (SSSR count). The van der Waals surface area contributed by atoms with Crippen LogP contribution in [0, 0.1) is 6.92 Å². The summed E-state index contributed by atoms with van der Waals surface area (Å²) >= 11 is 0. The number of furan rings is 1. The molecule has 0 bridgehead atoms. The van der Waals surface area contributed by atoms with Crippen LogP contribution in [0.1, 0.15) is 36.8 Å². The van der Waals surface area contributed by atoms with Gasteiger partial charge in [0.25, 0.3) is 5.89 Å². The van der Waals surface area contributed by atoms with Crippen molar-refractivity contribution in [1.29, 1.82) is 0 Å². The molecule has 1 aliphatic carbocycles. The normalized spacial score (nSPS) is 20.0. The van der Waals surface area contributed by atoms with E-state index in [1.807, 2.05) is 19.4 Å².